The Labute approximate surface area is 105 Å². The first kappa shape index (κ1) is 12.4. The molecule has 0 aromatic carbocycles. The molecule has 0 fully saturated rings. The molecule has 17 heavy (non-hydrogen) atoms. The van der Waals surface area contributed by atoms with E-state index in [9.17, 15) is 0 Å². The number of furan rings is 1. The van der Waals surface area contributed by atoms with Crippen LogP contribution in [0.4, 0.5) is 0 Å². The van der Waals surface area contributed by atoms with Crippen LogP contribution in [0.2, 0.25) is 0 Å². The van der Waals surface area contributed by atoms with Gasteiger partial charge in [-0.05, 0) is 35.6 Å². The van der Waals surface area contributed by atoms with Gasteiger partial charge in [-0.1, -0.05) is 6.92 Å². The van der Waals surface area contributed by atoms with Crippen LogP contribution >= 0.6 is 11.3 Å². The lowest BCUT2D eigenvalue weighted by atomic mass is 10.2. The van der Waals surface area contributed by atoms with Crippen molar-refractivity contribution in [2.75, 3.05) is 0 Å². The van der Waals surface area contributed by atoms with E-state index in [1.165, 1.54) is 10.4 Å². The van der Waals surface area contributed by atoms with Gasteiger partial charge in [0.1, 0.15) is 18.1 Å². The van der Waals surface area contributed by atoms with Gasteiger partial charge in [0.15, 0.2) is 0 Å². The Balaban J connectivity index is 1.83. The van der Waals surface area contributed by atoms with Gasteiger partial charge in [-0.2, -0.15) is 0 Å². The Morgan fingerprint density at radius 2 is 2.06 bits per heavy atom. The Kier molecular flexibility index (Phi) is 4.36. The fourth-order valence-electron chi connectivity index (χ4n) is 1.74. The van der Waals surface area contributed by atoms with Crippen LogP contribution in [-0.4, -0.2) is 5.11 Å². The average molecular weight is 251 g/mol. The minimum Gasteiger partial charge on any atom is -0.462 e. The second-order valence-corrected chi connectivity index (χ2v) is 4.85. The molecule has 0 spiro atoms. The maximum atomic E-state index is 8.88. The van der Waals surface area contributed by atoms with Gasteiger partial charge in [0, 0.05) is 11.4 Å². The van der Waals surface area contributed by atoms with Gasteiger partial charge in [-0.15, -0.1) is 11.3 Å². The molecule has 0 aliphatic carbocycles. The van der Waals surface area contributed by atoms with Crippen molar-refractivity contribution >= 4 is 11.3 Å². The number of aliphatic hydroxyl groups excluding tert-OH is 1. The predicted molar refractivity (Wildman–Crippen MR) is 68.9 cm³/mol. The SMILES string of the molecule is CCc1ccsc1CNCc1ccc(CO)o1. The van der Waals surface area contributed by atoms with Crippen molar-refractivity contribution < 1.29 is 9.52 Å². The highest BCUT2D eigenvalue weighted by Gasteiger charge is 2.03. The number of thiophene rings is 1. The van der Waals surface area contributed by atoms with E-state index < -0.39 is 0 Å². The minimum atomic E-state index is -0.0368. The summed E-state index contributed by atoms with van der Waals surface area (Å²) in [6.07, 6.45) is 1.08. The van der Waals surface area contributed by atoms with E-state index in [2.05, 4.69) is 23.7 Å². The maximum absolute atomic E-state index is 8.88. The Bertz CT molecular complexity index is 461. The molecule has 0 amide bonds. The van der Waals surface area contributed by atoms with Crippen LogP contribution in [0, 0.1) is 0 Å². The lowest BCUT2D eigenvalue weighted by molar-refractivity contribution is 0.242. The standard InChI is InChI=1S/C13H17NO2S/c1-2-10-5-6-17-13(10)8-14-7-11-3-4-12(9-15)16-11/h3-6,14-15H,2,7-9H2,1H3. The molecule has 92 valence electrons. The molecule has 0 unspecified atom stereocenters. The summed E-state index contributed by atoms with van der Waals surface area (Å²) in [4.78, 5) is 1.39. The quantitative estimate of drug-likeness (QED) is 0.829. The lowest BCUT2D eigenvalue weighted by Gasteiger charge is -2.03. The highest BCUT2D eigenvalue weighted by atomic mass is 32.1. The van der Waals surface area contributed by atoms with Gasteiger partial charge in [0.05, 0.1) is 6.54 Å². The molecule has 2 aromatic rings. The summed E-state index contributed by atoms with van der Waals surface area (Å²) >= 11 is 1.79. The largest absolute Gasteiger partial charge is 0.462 e. The minimum absolute atomic E-state index is 0.0368. The van der Waals surface area contributed by atoms with Crippen molar-refractivity contribution in [1.29, 1.82) is 0 Å². The zero-order valence-corrected chi connectivity index (χ0v) is 10.7. The topological polar surface area (TPSA) is 45.4 Å². The average Bonchev–Trinajstić information content (AvgIpc) is 2.97. The first-order chi connectivity index (χ1) is 8.33. The number of aliphatic hydroxyl groups is 1. The first-order valence-electron chi connectivity index (χ1n) is 5.78. The molecule has 2 aromatic heterocycles. The second-order valence-electron chi connectivity index (χ2n) is 3.85. The van der Waals surface area contributed by atoms with E-state index in [1.807, 2.05) is 6.07 Å². The molecule has 3 nitrogen and oxygen atoms in total. The molecule has 4 heteroatoms. The number of nitrogens with one attached hydrogen (secondary N) is 1. The number of aryl methyl sites for hydroxylation is 1. The van der Waals surface area contributed by atoms with Gasteiger partial charge >= 0.3 is 0 Å². The van der Waals surface area contributed by atoms with Crippen LogP contribution in [-0.2, 0) is 26.1 Å². The van der Waals surface area contributed by atoms with Gasteiger partial charge in [0.25, 0.3) is 0 Å². The third kappa shape index (κ3) is 3.19. The third-order valence-electron chi connectivity index (χ3n) is 2.68. The molecule has 0 saturated heterocycles. The van der Waals surface area contributed by atoms with E-state index >= 15 is 0 Å². The van der Waals surface area contributed by atoms with Crippen molar-refractivity contribution in [1.82, 2.24) is 5.32 Å². The van der Waals surface area contributed by atoms with E-state index in [-0.39, 0.29) is 6.61 Å². The second kappa shape index (κ2) is 6.00. The van der Waals surface area contributed by atoms with Crippen LogP contribution < -0.4 is 5.32 Å². The maximum Gasteiger partial charge on any atom is 0.129 e. The summed E-state index contributed by atoms with van der Waals surface area (Å²) in [6.45, 7) is 3.70. The van der Waals surface area contributed by atoms with E-state index in [1.54, 1.807) is 17.4 Å². The zero-order valence-electron chi connectivity index (χ0n) is 9.90. The number of rotatable bonds is 6. The van der Waals surface area contributed by atoms with Crippen LogP contribution in [0.3, 0.4) is 0 Å². The predicted octanol–water partition coefficient (Wildman–Crippen LogP) is 2.69. The van der Waals surface area contributed by atoms with Crippen molar-refractivity contribution in [3.8, 4) is 0 Å². The highest BCUT2D eigenvalue weighted by molar-refractivity contribution is 7.10. The van der Waals surface area contributed by atoms with Crippen molar-refractivity contribution in [3.63, 3.8) is 0 Å². The van der Waals surface area contributed by atoms with Crippen LogP contribution in [0.15, 0.2) is 28.0 Å². The summed E-state index contributed by atoms with van der Waals surface area (Å²) < 4.78 is 5.40. The smallest absolute Gasteiger partial charge is 0.129 e. The fourth-order valence-corrected chi connectivity index (χ4v) is 2.68. The van der Waals surface area contributed by atoms with Crippen molar-refractivity contribution in [2.45, 2.75) is 33.0 Å². The zero-order chi connectivity index (χ0) is 12.1. The molecule has 2 heterocycles. The van der Waals surface area contributed by atoms with E-state index in [0.29, 0.717) is 12.3 Å². The van der Waals surface area contributed by atoms with E-state index in [0.717, 1.165) is 18.7 Å². The van der Waals surface area contributed by atoms with Crippen LogP contribution in [0.5, 0.6) is 0 Å². The summed E-state index contributed by atoms with van der Waals surface area (Å²) in [5.74, 6) is 1.48. The summed E-state index contributed by atoms with van der Waals surface area (Å²) in [7, 11) is 0. The fraction of sp³-hybridized carbons (Fsp3) is 0.385. The summed E-state index contributed by atoms with van der Waals surface area (Å²) in [5.41, 5.74) is 1.41. The van der Waals surface area contributed by atoms with E-state index in [4.69, 9.17) is 9.52 Å². The molecule has 2 rings (SSSR count). The molecular formula is C13H17NO2S. The van der Waals surface area contributed by atoms with Gasteiger partial charge in [-0.25, -0.2) is 0 Å². The Hall–Kier alpha value is -1.10. The summed E-state index contributed by atoms with van der Waals surface area (Å²) in [6, 6.07) is 5.88. The van der Waals surface area contributed by atoms with Crippen LogP contribution in [0.25, 0.3) is 0 Å². The first-order valence-corrected chi connectivity index (χ1v) is 6.66. The highest BCUT2D eigenvalue weighted by Crippen LogP contribution is 2.17. The monoisotopic (exact) mass is 251 g/mol. The third-order valence-corrected chi connectivity index (χ3v) is 3.64. The molecule has 0 bridgehead atoms. The van der Waals surface area contributed by atoms with Crippen molar-refractivity contribution in [2.24, 2.45) is 0 Å². The van der Waals surface area contributed by atoms with Crippen LogP contribution in [0.1, 0.15) is 28.9 Å². The molecule has 0 atom stereocenters. The number of hydrogen-bond acceptors (Lipinski definition) is 4. The molecule has 0 radical (unpaired) electrons. The molecule has 0 saturated carbocycles. The number of hydrogen-bond donors (Lipinski definition) is 2. The van der Waals surface area contributed by atoms with Crippen molar-refractivity contribution in [3.05, 3.63) is 45.5 Å². The molecule has 0 aliphatic heterocycles. The molecule has 2 N–H and O–H groups in total. The van der Waals surface area contributed by atoms with Gasteiger partial charge < -0.3 is 14.8 Å². The Morgan fingerprint density at radius 3 is 2.76 bits per heavy atom. The molecule has 0 aliphatic rings. The summed E-state index contributed by atoms with van der Waals surface area (Å²) in [5, 5.41) is 14.4. The molecular weight excluding hydrogens is 234 g/mol. The lowest BCUT2D eigenvalue weighted by Crippen LogP contribution is -2.12. The Morgan fingerprint density at radius 1 is 1.24 bits per heavy atom. The van der Waals surface area contributed by atoms with Gasteiger partial charge in [0.2, 0.25) is 0 Å². The van der Waals surface area contributed by atoms with Gasteiger partial charge in [-0.3, -0.25) is 0 Å². The normalized spacial score (nSPS) is 10.9.